The fourth-order valence-electron chi connectivity index (χ4n) is 2.83. The van der Waals surface area contributed by atoms with Gasteiger partial charge in [-0.25, -0.2) is 4.98 Å². The molecule has 1 aromatic heterocycles. The van der Waals surface area contributed by atoms with E-state index < -0.39 is 5.60 Å². The van der Waals surface area contributed by atoms with Crippen LogP contribution in [0, 0.1) is 6.92 Å². The third kappa shape index (κ3) is 1.75. The van der Waals surface area contributed by atoms with Crippen LogP contribution >= 0.6 is 0 Å². The summed E-state index contributed by atoms with van der Waals surface area (Å²) in [5, 5.41) is 10.9. The molecule has 1 aliphatic carbocycles. The Hall–Kier alpha value is -1.61. The normalized spacial score (nSPS) is 22.2. The monoisotopic (exact) mass is 242 g/mol. The molecule has 0 saturated carbocycles. The maximum absolute atomic E-state index is 10.9. The molecule has 1 N–H and O–H groups in total. The highest BCUT2D eigenvalue weighted by atomic mass is 16.3. The van der Waals surface area contributed by atoms with Crippen LogP contribution in [0.25, 0.3) is 0 Å². The van der Waals surface area contributed by atoms with Crippen molar-refractivity contribution in [2.24, 2.45) is 7.05 Å². The second kappa shape index (κ2) is 3.95. The van der Waals surface area contributed by atoms with Gasteiger partial charge in [-0.1, -0.05) is 23.8 Å². The summed E-state index contributed by atoms with van der Waals surface area (Å²) < 4.78 is 1.98. The summed E-state index contributed by atoms with van der Waals surface area (Å²) in [5.74, 6) is 0.937. The number of imidazole rings is 1. The zero-order chi connectivity index (χ0) is 12.8. The molecule has 1 heterocycles. The molecule has 1 aromatic carbocycles. The minimum absolute atomic E-state index is 0.590. The largest absolute Gasteiger partial charge is 0.385 e. The van der Waals surface area contributed by atoms with Crippen LogP contribution in [0.4, 0.5) is 0 Å². The Balaban J connectivity index is 1.99. The summed E-state index contributed by atoms with van der Waals surface area (Å²) in [6, 6.07) is 6.37. The first kappa shape index (κ1) is 11.5. The molecule has 18 heavy (non-hydrogen) atoms. The lowest BCUT2D eigenvalue weighted by atomic mass is 9.91. The van der Waals surface area contributed by atoms with E-state index >= 15 is 0 Å². The molecule has 3 rings (SSSR count). The highest BCUT2D eigenvalue weighted by molar-refractivity contribution is 5.40. The van der Waals surface area contributed by atoms with E-state index in [1.54, 1.807) is 6.20 Å². The summed E-state index contributed by atoms with van der Waals surface area (Å²) in [7, 11) is 1.97. The van der Waals surface area contributed by atoms with Crippen molar-refractivity contribution >= 4 is 0 Å². The van der Waals surface area contributed by atoms with E-state index in [9.17, 15) is 5.11 Å². The van der Waals surface area contributed by atoms with Crippen LogP contribution in [0.5, 0.6) is 0 Å². The minimum atomic E-state index is -0.750. The molecule has 0 bridgehead atoms. The minimum Gasteiger partial charge on any atom is -0.385 e. The van der Waals surface area contributed by atoms with Gasteiger partial charge in [0.1, 0.15) is 5.82 Å². The Kier molecular flexibility index (Phi) is 2.52. The smallest absolute Gasteiger partial charge is 0.111 e. The Morgan fingerprint density at radius 3 is 3.00 bits per heavy atom. The molecule has 1 atom stereocenters. The number of hydrogen-bond acceptors (Lipinski definition) is 2. The van der Waals surface area contributed by atoms with Gasteiger partial charge in [-0.15, -0.1) is 0 Å². The van der Waals surface area contributed by atoms with E-state index in [2.05, 4.69) is 30.1 Å². The van der Waals surface area contributed by atoms with Gasteiger partial charge in [0.05, 0.1) is 5.60 Å². The molecule has 0 saturated heterocycles. The second-order valence-corrected chi connectivity index (χ2v) is 5.32. The van der Waals surface area contributed by atoms with Crippen LogP contribution in [0.15, 0.2) is 30.6 Å². The van der Waals surface area contributed by atoms with E-state index in [0.717, 1.165) is 24.2 Å². The third-order valence-corrected chi connectivity index (χ3v) is 3.95. The molecule has 2 aromatic rings. The van der Waals surface area contributed by atoms with E-state index in [0.29, 0.717) is 6.42 Å². The number of aromatic nitrogens is 2. The van der Waals surface area contributed by atoms with Crippen LogP contribution in [-0.2, 0) is 25.5 Å². The lowest BCUT2D eigenvalue weighted by Gasteiger charge is -2.24. The highest BCUT2D eigenvalue weighted by Crippen LogP contribution is 2.39. The Morgan fingerprint density at radius 2 is 2.28 bits per heavy atom. The number of fused-ring (bicyclic) bond motifs is 1. The second-order valence-electron chi connectivity index (χ2n) is 5.32. The van der Waals surface area contributed by atoms with Crippen LogP contribution in [0.2, 0.25) is 0 Å². The van der Waals surface area contributed by atoms with Crippen molar-refractivity contribution in [3.05, 3.63) is 53.1 Å². The summed E-state index contributed by atoms with van der Waals surface area (Å²) in [6.07, 6.45) is 6.04. The molecule has 3 heteroatoms. The van der Waals surface area contributed by atoms with Crippen molar-refractivity contribution in [1.82, 2.24) is 9.55 Å². The number of hydrogen-bond donors (Lipinski definition) is 1. The molecule has 0 aliphatic heterocycles. The first-order valence-corrected chi connectivity index (χ1v) is 6.37. The van der Waals surface area contributed by atoms with Gasteiger partial charge in [0.25, 0.3) is 0 Å². The standard InChI is InChI=1S/C15H18N2O/c1-11-3-4-12-5-6-15(18,13(12)9-11)10-14-16-7-8-17(14)2/h3-4,7-9,18H,5-6,10H2,1-2H3. The van der Waals surface area contributed by atoms with Crippen molar-refractivity contribution < 1.29 is 5.11 Å². The molecule has 1 aliphatic rings. The topological polar surface area (TPSA) is 38.1 Å². The fraction of sp³-hybridized carbons (Fsp3) is 0.400. The number of rotatable bonds is 2. The van der Waals surface area contributed by atoms with E-state index in [1.807, 2.05) is 17.8 Å². The quantitative estimate of drug-likeness (QED) is 0.876. The van der Waals surface area contributed by atoms with Gasteiger partial charge in [0.15, 0.2) is 0 Å². The zero-order valence-electron chi connectivity index (χ0n) is 10.8. The summed E-state index contributed by atoms with van der Waals surface area (Å²) in [4.78, 5) is 4.32. The van der Waals surface area contributed by atoms with Crippen LogP contribution in [0.1, 0.15) is 28.9 Å². The number of benzene rings is 1. The first-order chi connectivity index (χ1) is 8.58. The van der Waals surface area contributed by atoms with Gasteiger partial charge in [-0.05, 0) is 30.9 Å². The number of aliphatic hydroxyl groups is 1. The summed E-state index contributed by atoms with van der Waals surface area (Å²) in [6.45, 7) is 2.07. The molecule has 3 nitrogen and oxygen atoms in total. The van der Waals surface area contributed by atoms with Crippen molar-refractivity contribution in [2.45, 2.75) is 31.8 Å². The average molecular weight is 242 g/mol. The molecular formula is C15H18N2O. The van der Waals surface area contributed by atoms with E-state index in [-0.39, 0.29) is 0 Å². The van der Waals surface area contributed by atoms with Crippen molar-refractivity contribution in [1.29, 1.82) is 0 Å². The maximum atomic E-state index is 10.9. The summed E-state index contributed by atoms with van der Waals surface area (Å²) >= 11 is 0. The number of aryl methyl sites for hydroxylation is 3. The average Bonchev–Trinajstić information content (AvgIpc) is 2.86. The third-order valence-electron chi connectivity index (χ3n) is 3.95. The Morgan fingerprint density at radius 1 is 1.44 bits per heavy atom. The lowest BCUT2D eigenvalue weighted by molar-refractivity contribution is 0.0362. The number of nitrogens with zero attached hydrogens (tertiary/aromatic N) is 2. The predicted octanol–water partition coefficient (Wildman–Crippen LogP) is 2.11. The molecular weight excluding hydrogens is 224 g/mol. The van der Waals surface area contributed by atoms with Crippen molar-refractivity contribution in [3.63, 3.8) is 0 Å². The van der Waals surface area contributed by atoms with Crippen LogP contribution < -0.4 is 0 Å². The lowest BCUT2D eigenvalue weighted by Crippen LogP contribution is -2.27. The molecule has 0 radical (unpaired) electrons. The SMILES string of the molecule is Cc1ccc2c(c1)C(O)(Cc1nccn1C)CC2. The van der Waals surface area contributed by atoms with Gasteiger partial charge in [-0.2, -0.15) is 0 Å². The Bertz CT molecular complexity index is 588. The van der Waals surface area contributed by atoms with Gasteiger partial charge in [0.2, 0.25) is 0 Å². The highest BCUT2D eigenvalue weighted by Gasteiger charge is 2.37. The van der Waals surface area contributed by atoms with Crippen molar-refractivity contribution in [2.75, 3.05) is 0 Å². The van der Waals surface area contributed by atoms with Gasteiger partial charge < -0.3 is 9.67 Å². The molecule has 0 spiro atoms. The van der Waals surface area contributed by atoms with Gasteiger partial charge >= 0.3 is 0 Å². The zero-order valence-corrected chi connectivity index (χ0v) is 10.8. The first-order valence-electron chi connectivity index (χ1n) is 6.37. The Labute approximate surface area is 107 Å². The fourth-order valence-corrected chi connectivity index (χ4v) is 2.83. The molecule has 0 fully saturated rings. The molecule has 1 unspecified atom stereocenters. The van der Waals surface area contributed by atoms with Crippen LogP contribution in [-0.4, -0.2) is 14.7 Å². The van der Waals surface area contributed by atoms with E-state index in [1.165, 1.54) is 11.1 Å². The van der Waals surface area contributed by atoms with E-state index in [4.69, 9.17) is 0 Å². The maximum Gasteiger partial charge on any atom is 0.111 e. The van der Waals surface area contributed by atoms with Gasteiger partial charge in [-0.3, -0.25) is 0 Å². The summed E-state index contributed by atoms with van der Waals surface area (Å²) in [5.41, 5.74) is 2.82. The molecule has 0 amide bonds. The van der Waals surface area contributed by atoms with Gasteiger partial charge in [0, 0.05) is 25.9 Å². The predicted molar refractivity (Wildman–Crippen MR) is 70.3 cm³/mol. The molecule has 94 valence electrons. The van der Waals surface area contributed by atoms with Crippen molar-refractivity contribution in [3.8, 4) is 0 Å². The van der Waals surface area contributed by atoms with Crippen LogP contribution in [0.3, 0.4) is 0 Å².